The Labute approximate surface area is 155 Å². The molecule has 0 amide bonds. The minimum absolute atomic E-state index is 0.340. The molecular formula is C23H38O2. The Morgan fingerprint density at radius 3 is 2.16 bits per heavy atom. The van der Waals surface area contributed by atoms with Crippen molar-refractivity contribution in [2.45, 2.75) is 98.5 Å². The van der Waals surface area contributed by atoms with Crippen molar-refractivity contribution in [1.82, 2.24) is 0 Å². The second-order valence-corrected chi connectivity index (χ2v) is 9.21. The summed E-state index contributed by atoms with van der Waals surface area (Å²) in [6, 6.07) is 6.98. The van der Waals surface area contributed by atoms with Gasteiger partial charge in [0.15, 0.2) is 0 Å². The van der Waals surface area contributed by atoms with Crippen molar-refractivity contribution in [3.63, 3.8) is 0 Å². The summed E-state index contributed by atoms with van der Waals surface area (Å²) in [5, 5.41) is 0. The maximum Gasteiger partial charge on any atom is 0.293 e. The number of unbranched alkanes of at least 4 members (excludes halogenated alkanes) is 2. The van der Waals surface area contributed by atoms with Crippen LogP contribution in [0, 0.1) is 12.3 Å². The van der Waals surface area contributed by atoms with Crippen molar-refractivity contribution in [1.29, 1.82) is 0 Å². The molecule has 1 aromatic rings. The zero-order valence-corrected chi connectivity index (χ0v) is 17.3. The van der Waals surface area contributed by atoms with Gasteiger partial charge < -0.3 is 4.74 Å². The standard InChI is InChI=1S/C23H38O2/c1-19-17-20(11-7-9-15-22(2,3)4)13-14-21(19)12-8-10-16-23(5,6)25-18-24/h13-14,17-18H,7-12,15-16H2,1-6H3. The number of hydrogen-bond donors (Lipinski definition) is 0. The highest BCUT2D eigenvalue weighted by molar-refractivity contribution is 5.38. The molecule has 2 nitrogen and oxygen atoms in total. The summed E-state index contributed by atoms with van der Waals surface area (Å²) in [5.41, 5.74) is 4.44. The van der Waals surface area contributed by atoms with Gasteiger partial charge >= 0.3 is 0 Å². The second kappa shape index (κ2) is 9.99. The van der Waals surface area contributed by atoms with Crippen LogP contribution in [0.1, 0.15) is 89.8 Å². The number of carbonyl (C=O) groups excluding carboxylic acids is 1. The van der Waals surface area contributed by atoms with Gasteiger partial charge in [0.1, 0.15) is 5.60 Å². The molecule has 0 aliphatic rings. The molecule has 0 heterocycles. The number of benzene rings is 1. The molecule has 1 rings (SSSR count). The molecule has 0 saturated heterocycles. The van der Waals surface area contributed by atoms with Crippen LogP contribution in [0.2, 0.25) is 0 Å². The molecule has 0 N–H and O–H groups in total. The summed E-state index contributed by atoms with van der Waals surface area (Å²) in [7, 11) is 0. The van der Waals surface area contributed by atoms with E-state index in [9.17, 15) is 4.79 Å². The average molecular weight is 347 g/mol. The van der Waals surface area contributed by atoms with Crippen molar-refractivity contribution < 1.29 is 9.53 Å². The molecule has 1 aromatic carbocycles. The molecule has 2 heteroatoms. The van der Waals surface area contributed by atoms with Gasteiger partial charge in [-0.05, 0) is 87.8 Å². The largest absolute Gasteiger partial charge is 0.462 e. The Bertz CT molecular complexity index is 523. The van der Waals surface area contributed by atoms with Crippen molar-refractivity contribution in [2.75, 3.05) is 0 Å². The molecule has 0 radical (unpaired) electrons. The van der Waals surface area contributed by atoms with Crippen LogP contribution in [0.4, 0.5) is 0 Å². The molecule has 142 valence electrons. The summed E-state index contributed by atoms with van der Waals surface area (Å²) in [4.78, 5) is 10.5. The Hall–Kier alpha value is -1.31. The third-order valence-corrected chi connectivity index (χ3v) is 4.89. The number of rotatable bonds is 11. The third-order valence-electron chi connectivity index (χ3n) is 4.89. The lowest BCUT2D eigenvalue weighted by atomic mass is 9.89. The first-order chi connectivity index (χ1) is 11.6. The van der Waals surface area contributed by atoms with Crippen LogP contribution in [0.15, 0.2) is 18.2 Å². The first-order valence-corrected chi connectivity index (χ1v) is 9.83. The van der Waals surface area contributed by atoms with Gasteiger partial charge in [-0.2, -0.15) is 0 Å². The van der Waals surface area contributed by atoms with E-state index in [1.807, 2.05) is 13.8 Å². The van der Waals surface area contributed by atoms with Gasteiger partial charge in [0.05, 0.1) is 0 Å². The van der Waals surface area contributed by atoms with Gasteiger partial charge in [-0.1, -0.05) is 45.4 Å². The summed E-state index contributed by atoms with van der Waals surface area (Å²) < 4.78 is 5.11. The first-order valence-electron chi connectivity index (χ1n) is 9.83. The fourth-order valence-corrected chi connectivity index (χ4v) is 3.23. The Balaban J connectivity index is 2.36. The topological polar surface area (TPSA) is 26.3 Å². The summed E-state index contributed by atoms with van der Waals surface area (Å²) in [5.74, 6) is 0. The van der Waals surface area contributed by atoms with E-state index in [0.29, 0.717) is 11.9 Å². The average Bonchev–Trinajstić information content (AvgIpc) is 2.48. The van der Waals surface area contributed by atoms with Crippen molar-refractivity contribution >= 4 is 6.47 Å². The zero-order valence-electron chi connectivity index (χ0n) is 17.3. The normalized spacial score (nSPS) is 12.2. The third kappa shape index (κ3) is 9.67. The number of ether oxygens (including phenoxy) is 1. The SMILES string of the molecule is Cc1cc(CCCCC(C)(C)C)ccc1CCCCC(C)(C)OC=O. The molecule has 0 aromatic heterocycles. The van der Waals surface area contributed by atoms with E-state index < -0.39 is 0 Å². The van der Waals surface area contributed by atoms with Crippen LogP contribution in [-0.2, 0) is 22.4 Å². The predicted octanol–water partition coefficient (Wildman–Crippen LogP) is 6.42. The van der Waals surface area contributed by atoms with Gasteiger partial charge in [-0.15, -0.1) is 0 Å². The van der Waals surface area contributed by atoms with Gasteiger partial charge in [0.2, 0.25) is 0 Å². The van der Waals surface area contributed by atoms with E-state index in [2.05, 4.69) is 45.9 Å². The lowest BCUT2D eigenvalue weighted by Crippen LogP contribution is -2.23. The van der Waals surface area contributed by atoms with E-state index in [0.717, 1.165) is 25.7 Å². The lowest BCUT2D eigenvalue weighted by Gasteiger charge is -2.22. The fraction of sp³-hybridized carbons (Fsp3) is 0.696. The van der Waals surface area contributed by atoms with Crippen LogP contribution in [-0.4, -0.2) is 12.1 Å². The first kappa shape index (κ1) is 21.7. The van der Waals surface area contributed by atoms with Crippen molar-refractivity contribution in [2.24, 2.45) is 5.41 Å². The second-order valence-electron chi connectivity index (χ2n) is 9.21. The number of hydrogen-bond acceptors (Lipinski definition) is 2. The molecular weight excluding hydrogens is 308 g/mol. The molecule has 25 heavy (non-hydrogen) atoms. The predicted molar refractivity (Wildman–Crippen MR) is 107 cm³/mol. The van der Waals surface area contributed by atoms with E-state index in [1.54, 1.807) is 0 Å². The van der Waals surface area contributed by atoms with E-state index in [4.69, 9.17) is 4.74 Å². The summed E-state index contributed by atoms with van der Waals surface area (Å²) in [6.07, 6.45) is 9.31. The number of carbonyl (C=O) groups is 1. The Morgan fingerprint density at radius 2 is 1.56 bits per heavy atom. The highest BCUT2D eigenvalue weighted by atomic mass is 16.5. The minimum atomic E-state index is -0.340. The fourth-order valence-electron chi connectivity index (χ4n) is 3.23. The molecule has 0 fully saturated rings. The van der Waals surface area contributed by atoms with Crippen LogP contribution in [0.25, 0.3) is 0 Å². The Morgan fingerprint density at radius 1 is 0.920 bits per heavy atom. The molecule has 0 atom stereocenters. The molecule has 0 aliphatic heterocycles. The molecule has 0 spiro atoms. The highest BCUT2D eigenvalue weighted by Gasteiger charge is 2.17. The monoisotopic (exact) mass is 346 g/mol. The van der Waals surface area contributed by atoms with Crippen LogP contribution in [0.5, 0.6) is 0 Å². The summed E-state index contributed by atoms with van der Waals surface area (Å²) >= 11 is 0. The van der Waals surface area contributed by atoms with E-state index in [1.165, 1.54) is 42.4 Å². The van der Waals surface area contributed by atoms with Crippen LogP contribution < -0.4 is 0 Å². The smallest absolute Gasteiger partial charge is 0.293 e. The zero-order chi connectivity index (χ0) is 18.9. The molecule has 0 unspecified atom stereocenters. The van der Waals surface area contributed by atoms with Crippen molar-refractivity contribution in [3.05, 3.63) is 34.9 Å². The van der Waals surface area contributed by atoms with Crippen LogP contribution >= 0.6 is 0 Å². The van der Waals surface area contributed by atoms with E-state index in [-0.39, 0.29) is 5.60 Å². The maximum atomic E-state index is 10.5. The van der Waals surface area contributed by atoms with Gasteiger partial charge in [0.25, 0.3) is 6.47 Å². The van der Waals surface area contributed by atoms with Crippen molar-refractivity contribution in [3.8, 4) is 0 Å². The highest BCUT2D eigenvalue weighted by Crippen LogP contribution is 2.23. The molecule has 0 saturated carbocycles. The summed E-state index contributed by atoms with van der Waals surface area (Å²) in [6.45, 7) is 13.7. The van der Waals surface area contributed by atoms with Gasteiger partial charge in [-0.3, -0.25) is 4.79 Å². The Kier molecular flexibility index (Phi) is 8.68. The van der Waals surface area contributed by atoms with Gasteiger partial charge in [0, 0.05) is 0 Å². The minimum Gasteiger partial charge on any atom is -0.462 e. The van der Waals surface area contributed by atoms with Gasteiger partial charge in [-0.25, -0.2) is 0 Å². The van der Waals surface area contributed by atoms with Crippen LogP contribution in [0.3, 0.4) is 0 Å². The quantitative estimate of drug-likeness (QED) is 0.341. The maximum absolute atomic E-state index is 10.5. The van der Waals surface area contributed by atoms with E-state index >= 15 is 0 Å². The molecule has 0 aliphatic carbocycles. The molecule has 0 bridgehead atoms. The lowest BCUT2D eigenvalue weighted by molar-refractivity contribution is -0.140. The number of aryl methyl sites for hydroxylation is 3.